The average Bonchev–Trinajstić information content (AvgIpc) is 3.05. The van der Waals surface area contributed by atoms with E-state index in [2.05, 4.69) is 10.9 Å². The first-order valence-corrected chi connectivity index (χ1v) is 9.34. The van der Waals surface area contributed by atoms with Gasteiger partial charge >= 0.3 is 12.1 Å². The van der Waals surface area contributed by atoms with Gasteiger partial charge in [0.1, 0.15) is 5.92 Å². The van der Waals surface area contributed by atoms with Crippen molar-refractivity contribution in [2.24, 2.45) is 5.92 Å². The van der Waals surface area contributed by atoms with Gasteiger partial charge < -0.3 is 4.74 Å². The summed E-state index contributed by atoms with van der Waals surface area (Å²) in [6.45, 7) is 1.25. The van der Waals surface area contributed by atoms with Crippen molar-refractivity contribution in [1.82, 2.24) is 15.2 Å². The van der Waals surface area contributed by atoms with Gasteiger partial charge in [-0.25, -0.2) is 13.8 Å². The highest BCUT2D eigenvalue weighted by molar-refractivity contribution is 7.89. The second-order valence-electron chi connectivity index (χ2n) is 5.76. The average molecular weight is 395 g/mol. The number of nitrogens with zero attached hydrogens (tertiary/aromatic N) is 1. The van der Waals surface area contributed by atoms with Gasteiger partial charge in [0.15, 0.2) is 5.37 Å². The number of carbonyl (C=O) groups is 1. The van der Waals surface area contributed by atoms with Gasteiger partial charge in [-0.2, -0.15) is 17.5 Å². The van der Waals surface area contributed by atoms with Crippen LogP contribution in [0.3, 0.4) is 0 Å². The third-order valence-corrected chi connectivity index (χ3v) is 6.08. The summed E-state index contributed by atoms with van der Waals surface area (Å²) in [5.41, 5.74) is 4.00. The first-order chi connectivity index (χ1) is 12.1. The second kappa shape index (κ2) is 7.91. The lowest BCUT2D eigenvalue weighted by atomic mass is 10.1. The summed E-state index contributed by atoms with van der Waals surface area (Å²) in [5.74, 6) is -1.69. The minimum atomic E-state index is -4.60. The fourth-order valence-electron chi connectivity index (χ4n) is 2.67. The van der Waals surface area contributed by atoms with Crippen molar-refractivity contribution < 1.29 is 31.1 Å². The molecule has 1 fully saturated rings. The number of hydrazine groups is 1. The predicted molar refractivity (Wildman–Crippen MR) is 86.9 cm³/mol. The zero-order valence-corrected chi connectivity index (χ0v) is 15.0. The van der Waals surface area contributed by atoms with Gasteiger partial charge in [-0.15, -0.1) is 0 Å². The summed E-state index contributed by atoms with van der Waals surface area (Å²) < 4.78 is 70.5. The molecule has 11 heteroatoms. The standard InChI is InChI=1S/C15H20F3N3O4S/c1-3-25-14(22)11-8-19-20-13(11)26(23,24)21(2)9-10-6-4-5-7-12(10)15(16,17)18/h4-7,11,13,19-20H,3,8-9H2,1-2H3. The zero-order valence-electron chi connectivity index (χ0n) is 14.2. The highest BCUT2D eigenvalue weighted by Gasteiger charge is 2.45. The summed E-state index contributed by atoms with van der Waals surface area (Å²) in [7, 11) is -2.95. The van der Waals surface area contributed by atoms with Crippen LogP contribution in [-0.2, 0) is 32.3 Å². The molecule has 0 spiro atoms. The first kappa shape index (κ1) is 20.6. The molecule has 0 radical (unpaired) electrons. The van der Waals surface area contributed by atoms with Gasteiger partial charge in [0.2, 0.25) is 10.0 Å². The highest BCUT2D eigenvalue weighted by Crippen LogP contribution is 2.33. The molecule has 0 aliphatic carbocycles. The molecule has 7 nitrogen and oxygen atoms in total. The number of benzene rings is 1. The van der Waals surface area contributed by atoms with Gasteiger partial charge in [0, 0.05) is 20.1 Å². The van der Waals surface area contributed by atoms with Gasteiger partial charge in [-0.05, 0) is 18.6 Å². The molecule has 1 aliphatic heterocycles. The van der Waals surface area contributed by atoms with Crippen molar-refractivity contribution in [3.8, 4) is 0 Å². The Balaban J connectivity index is 2.24. The van der Waals surface area contributed by atoms with Crippen LogP contribution in [0, 0.1) is 5.92 Å². The number of alkyl halides is 3. The highest BCUT2D eigenvalue weighted by atomic mass is 32.2. The van der Waals surface area contributed by atoms with E-state index in [9.17, 15) is 26.4 Å². The smallest absolute Gasteiger partial charge is 0.416 e. The Morgan fingerprint density at radius 1 is 1.35 bits per heavy atom. The van der Waals surface area contributed by atoms with Crippen molar-refractivity contribution in [3.05, 3.63) is 35.4 Å². The summed E-state index contributed by atoms with van der Waals surface area (Å²) >= 11 is 0. The van der Waals surface area contributed by atoms with Gasteiger partial charge in [-0.1, -0.05) is 18.2 Å². The molecule has 2 rings (SSSR count). The van der Waals surface area contributed by atoms with Gasteiger partial charge in [-0.3, -0.25) is 10.2 Å². The number of hydrogen-bond donors (Lipinski definition) is 2. The molecular weight excluding hydrogens is 375 g/mol. The SMILES string of the molecule is CCOC(=O)C1CNNC1S(=O)(=O)N(C)Cc1ccccc1C(F)(F)F. The lowest BCUT2D eigenvalue weighted by Gasteiger charge is -2.25. The topological polar surface area (TPSA) is 87.7 Å². The molecule has 0 aromatic heterocycles. The molecule has 1 saturated heterocycles. The first-order valence-electron chi connectivity index (χ1n) is 7.84. The third kappa shape index (κ3) is 4.34. The van der Waals surface area contributed by atoms with Crippen molar-refractivity contribution >= 4 is 16.0 Å². The Hall–Kier alpha value is -1.69. The van der Waals surface area contributed by atoms with Crippen LogP contribution in [0.4, 0.5) is 13.2 Å². The molecule has 2 N–H and O–H groups in total. The van der Waals surface area contributed by atoms with Crippen LogP contribution in [0.1, 0.15) is 18.1 Å². The molecule has 1 aromatic rings. The number of sulfonamides is 1. The van der Waals surface area contributed by atoms with E-state index in [-0.39, 0.29) is 18.7 Å². The van der Waals surface area contributed by atoms with E-state index < -0.39 is 45.6 Å². The van der Waals surface area contributed by atoms with Gasteiger partial charge in [0.25, 0.3) is 0 Å². The molecule has 26 heavy (non-hydrogen) atoms. The largest absolute Gasteiger partial charge is 0.466 e. The summed E-state index contributed by atoms with van der Waals surface area (Å²) in [4.78, 5) is 11.9. The minimum absolute atomic E-state index is 0.0374. The van der Waals surface area contributed by atoms with Crippen LogP contribution in [0.15, 0.2) is 24.3 Å². The van der Waals surface area contributed by atoms with E-state index in [0.717, 1.165) is 10.4 Å². The Morgan fingerprint density at radius 3 is 2.62 bits per heavy atom. The molecule has 2 unspecified atom stereocenters. The predicted octanol–water partition coefficient (Wildman–Crippen LogP) is 1.08. The van der Waals surface area contributed by atoms with E-state index in [0.29, 0.717) is 0 Å². The molecule has 1 aromatic carbocycles. The molecular formula is C15H20F3N3O4S. The summed E-state index contributed by atoms with van der Waals surface area (Å²) in [6.07, 6.45) is -4.60. The zero-order chi connectivity index (χ0) is 19.5. The number of carbonyl (C=O) groups excluding carboxylic acids is 1. The molecule has 0 amide bonds. The Labute approximate surface area is 149 Å². The van der Waals surface area contributed by atoms with Crippen LogP contribution in [0.25, 0.3) is 0 Å². The number of halogens is 3. The number of rotatable bonds is 6. The summed E-state index contributed by atoms with van der Waals surface area (Å²) in [6, 6.07) is 4.76. The van der Waals surface area contributed by atoms with E-state index in [4.69, 9.17) is 4.74 Å². The van der Waals surface area contributed by atoms with E-state index in [1.54, 1.807) is 6.92 Å². The number of hydrogen-bond acceptors (Lipinski definition) is 6. The third-order valence-electron chi connectivity index (χ3n) is 3.99. The molecule has 2 atom stereocenters. The molecule has 0 saturated carbocycles. The van der Waals surface area contributed by atoms with Crippen molar-refractivity contribution in [2.75, 3.05) is 20.2 Å². The normalized spacial score (nSPS) is 21.2. The lowest BCUT2D eigenvalue weighted by molar-refractivity contribution is -0.147. The maximum Gasteiger partial charge on any atom is 0.416 e. The number of esters is 1. The Kier molecular flexibility index (Phi) is 6.27. The maximum atomic E-state index is 13.1. The molecule has 0 bridgehead atoms. The van der Waals surface area contributed by atoms with E-state index in [1.807, 2.05) is 0 Å². The minimum Gasteiger partial charge on any atom is -0.466 e. The van der Waals surface area contributed by atoms with Crippen LogP contribution >= 0.6 is 0 Å². The lowest BCUT2D eigenvalue weighted by Crippen LogP contribution is -2.47. The fraction of sp³-hybridized carbons (Fsp3) is 0.533. The van der Waals surface area contributed by atoms with E-state index >= 15 is 0 Å². The Morgan fingerprint density at radius 2 is 2.00 bits per heavy atom. The maximum absolute atomic E-state index is 13.1. The van der Waals surface area contributed by atoms with Crippen molar-refractivity contribution in [1.29, 1.82) is 0 Å². The van der Waals surface area contributed by atoms with Crippen molar-refractivity contribution in [2.45, 2.75) is 25.0 Å². The van der Waals surface area contributed by atoms with Crippen molar-refractivity contribution in [3.63, 3.8) is 0 Å². The van der Waals surface area contributed by atoms with E-state index in [1.165, 1.54) is 25.2 Å². The quantitative estimate of drug-likeness (QED) is 0.701. The van der Waals surface area contributed by atoms with Gasteiger partial charge in [0.05, 0.1) is 12.2 Å². The number of ether oxygens (including phenoxy) is 1. The monoisotopic (exact) mass is 395 g/mol. The Bertz CT molecular complexity index is 755. The summed E-state index contributed by atoms with van der Waals surface area (Å²) in [5, 5.41) is -1.33. The molecule has 1 aliphatic rings. The molecule has 146 valence electrons. The molecule has 1 heterocycles. The second-order valence-corrected chi connectivity index (χ2v) is 7.92. The number of nitrogens with one attached hydrogen (secondary N) is 2. The van der Waals surface area contributed by atoms with Crippen LogP contribution < -0.4 is 10.9 Å². The van der Waals surface area contributed by atoms with Crippen LogP contribution in [0.5, 0.6) is 0 Å². The van der Waals surface area contributed by atoms with Crippen LogP contribution in [-0.4, -0.2) is 44.3 Å². The van der Waals surface area contributed by atoms with Crippen LogP contribution in [0.2, 0.25) is 0 Å². The fourth-order valence-corrected chi connectivity index (χ4v) is 4.24.